The number of anilines is 1. The van der Waals surface area contributed by atoms with Gasteiger partial charge in [0.1, 0.15) is 0 Å². The van der Waals surface area contributed by atoms with E-state index in [-0.39, 0.29) is 6.04 Å². The number of rotatable bonds is 2. The number of aromatic nitrogens is 2. The summed E-state index contributed by atoms with van der Waals surface area (Å²) in [5.74, 6) is 0. The molecule has 25 heavy (non-hydrogen) atoms. The second kappa shape index (κ2) is 6.69. The Morgan fingerprint density at radius 2 is 1.96 bits per heavy atom. The molecule has 1 aliphatic heterocycles. The Kier molecular flexibility index (Phi) is 4.24. The monoisotopic (exact) mass is 348 g/mol. The molecule has 1 aromatic carbocycles. The summed E-state index contributed by atoms with van der Waals surface area (Å²) < 4.78 is 2.30. The fourth-order valence-electron chi connectivity index (χ4n) is 3.42. The maximum absolute atomic E-state index is 5.77. The van der Waals surface area contributed by atoms with Gasteiger partial charge in [0.2, 0.25) is 0 Å². The predicted octanol–water partition coefficient (Wildman–Crippen LogP) is 3.99. The highest BCUT2D eigenvalue weighted by Crippen LogP contribution is 2.32. The molecule has 1 unspecified atom stereocenters. The van der Waals surface area contributed by atoms with E-state index in [1.165, 1.54) is 16.8 Å². The Hall–Kier alpha value is -2.66. The molecule has 1 N–H and O–H groups in total. The molecule has 0 bridgehead atoms. The minimum Gasteiger partial charge on any atom is -0.348 e. The van der Waals surface area contributed by atoms with Gasteiger partial charge in [-0.25, -0.2) is 0 Å². The molecule has 126 valence electrons. The molecule has 1 atom stereocenters. The van der Waals surface area contributed by atoms with E-state index in [0.717, 1.165) is 23.9 Å². The van der Waals surface area contributed by atoms with Gasteiger partial charge in [0.05, 0.1) is 6.04 Å². The van der Waals surface area contributed by atoms with E-state index in [1.807, 2.05) is 24.5 Å². The third-order valence-electron chi connectivity index (χ3n) is 4.59. The maximum atomic E-state index is 5.77. The van der Waals surface area contributed by atoms with Gasteiger partial charge in [0.25, 0.3) is 0 Å². The number of benzene rings is 1. The van der Waals surface area contributed by atoms with Gasteiger partial charge in [-0.2, -0.15) is 0 Å². The number of fused-ring (bicyclic) bond motifs is 1. The van der Waals surface area contributed by atoms with Crippen molar-refractivity contribution >= 4 is 23.0 Å². The zero-order chi connectivity index (χ0) is 17.2. The Bertz CT molecular complexity index is 887. The highest BCUT2D eigenvalue weighted by atomic mass is 32.1. The lowest BCUT2D eigenvalue weighted by Crippen LogP contribution is -2.44. The molecule has 0 aliphatic carbocycles. The van der Waals surface area contributed by atoms with Crippen molar-refractivity contribution < 1.29 is 0 Å². The average Bonchev–Trinajstić information content (AvgIpc) is 3.10. The average molecular weight is 348 g/mol. The van der Waals surface area contributed by atoms with Crippen LogP contribution in [0.1, 0.15) is 22.9 Å². The normalized spacial score (nSPS) is 16.4. The van der Waals surface area contributed by atoms with E-state index < -0.39 is 0 Å². The molecule has 4 rings (SSSR count). The Labute approximate surface area is 153 Å². The van der Waals surface area contributed by atoms with Crippen molar-refractivity contribution in [2.45, 2.75) is 19.5 Å². The molecule has 2 aromatic heterocycles. The van der Waals surface area contributed by atoms with Crippen LogP contribution in [-0.2, 0) is 6.54 Å². The van der Waals surface area contributed by atoms with E-state index in [0.29, 0.717) is 0 Å². The zero-order valence-corrected chi connectivity index (χ0v) is 14.9. The Morgan fingerprint density at radius 1 is 1.12 bits per heavy atom. The summed E-state index contributed by atoms with van der Waals surface area (Å²) in [5.41, 5.74) is 4.69. The van der Waals surface area contributed by atoms with Crippen LogP contribution in [-0.4, -0.2) is 26.1 Å². The molecule has 0 fully saturated rings. The highest BCUT2D eigenvalue weighted by molar-refractivity contribution is 7.80. The smallest absolute Gasteiger partial charge is 0.174 e. The van der Waals surface area contributed by atoms with Crippen molar-refractivity contribution in [3.05, 3.63) is 83.9 Å². The van der Waals surface area contributed by atoms with Crippen molar-refractivity contribution in [2.75, 3.05) is 11.9 Å². The van der Waals surface area contributed by atoms with Crippen LogP contribution in [0.3, 0.4) is 0 Å². The molecule has 0 amide bonds. The van der Waals surface area contributed by atoms with E-state index in [9.17, 15) is 0 Å². The maximum Gasteiger partial charge on any atom is 0.174 e. The van der Waals surface area contributed by atoms with Crippen molar-refractivity contribution in [3.63, 3.8) is 0 Å². The first-order chi connectivity index (χ1) is 12.2. The number of thiocarbonyl (C=S) groups is 1. The summed E-state index contributed by atoms with van der Waals surface area (Å²) in [7, 11) is 0. The molecular weight excluding hydrogens is 328 g/mol. The van der Waals surface area contributed by atoms with Crippen LogP contribution < -0.4 is 5.32 Å². The van der Waals surface area contributed by atoms with Crippen LogP contribution in [0.4, 0.5) is 5.69 Å². The number of hydrogen-bond donors (Lipinski definition) is 1. The number of pyridine rings is 1. The standard InChI is InChI=1S/C20H20N4S/c1-15-4-2-5-17(14-15)22-20(25)24-13-12-23-11-3-6-18(23)19(24)16-7-9-21-10-8-16/h2-11,14,19H,12-13H2,1H3,(H,22,25). The van der Waals surface area contributed by atoms with Crippen molar-refractivity contribution in [1.82, 2.24) is 14.5 Å². The summed E-state index contributed by atoms with van der Waals surface area (Å²) in [5, 5.41) is 4.16. The molecule has 3 aromatic rings. The minimum atomic E-state index is 0.0940. The predicted molar refractivity (Wildman–Crippen MR) is 105 cm³/mol. The summed E-state index contributed by atoms with van der Waals surface area (Å²) in [6, 6.07) is 16.8. The lowest BCUT2D eigenvalue weighted by Gasteiger charge is -2.39. The number of hydrogen-bond acceptors (Lipinski definition) is 2. The summed E-state index contributed by atoms with van der Waals surface area (Å²) in [6.07, 6.45) is 5.82. The first kappa shape index (κ1) is 15.8. The van der Waals surface area contributed by atoms with Gasteiger partial charge in [-0.15, -0.1) is 0 Å². The van der Waals surface area contributed by atoms with Crippen LogP contribution in [0.15, 0.2) is 67.1 Å². The first-order valence-corrected chi connectivity index (χ1v) is 8.82. The lowest BCUT2D eigenvalue weighted by molar-refractivity contribution is 0.293. The van der Waals surface area contributed by atoms with Gasteiger partial charge >= 0.3 is 0 Å². The van der Waals surface area contributed by atoms with Crippen LogP contribution in [0.25, 0.3) is 0 Å². The third kappa shape index (κ3) is 3.15. The summed E-state index contributed by atoms with van der Waals surface area (Å²) in [4.78, 5) is 6.42. The van der Waals surface area contributed by atoms with Crippen molar-refractivity contribution in [1.29, 1.82) is 0 Å². The quantitative estimate of drug-likeness (QED) is 0.710. The van der Waals surface area contributed by atoms with Gasteiger partial charge in [-0.3, -0.25) is 4.98 Å². The highest BCUT2D eigenvalue weighted by Gasteiger charge is 2.30. The van der Waals surface area contributed by atoms with Gasteiger partial charge in [-0.1, -0.05) is 12.1 Å². The van der Waals surface area contributed by atoms with Gasteiger partial charge in [-0.05, 0) is 66.7 Å². The second-order valence-electron chi connectivity index (χ2n) is 6.30. The van der Waals surface area contributed by atoms with Crippen LogP contribution in [0.5, 0.6) is 0 Å². The van der Waals surface area contributed by atoms with Gasteiger partial charge < -0.3 is 14.8 Å². The minimum absolute atomic E-state index is 0.0940. The third-order valence-corrected chi connectivity index (χ3v) is 4.93. The molecule has 0 saturated heterocycles. The van der Waals surface area contributed by atoms with E-state index in [1.54, 1.807) is 0 Å². The van der Waals surface area contributed by atoms with Crippen LogP contribution in [0, 0.1) is 6.92 Å². The van der Waals surface area contributed by atoms with Gasteiger partial charge in [0.15, 0.2) is 5.11 Å². The summed E-state index contributed by atoms with van der Waals surface area (Å²) in [6.45, 7) is 3.88. The molecule has 3 heterocycles. The fourth-order valence-corrected chi connectivity index (χ4v) is 3.73. The van der Waals surface area contributed by atoms with Crippen molar-refractivity contribution in [2.24, 2.45) is 0 Å². The van der Waals surface area contributed by atoms with Crippen LogP contribution in [0.2, 0.25) is 0 Å². The molecule has 0 radical (unpaired) electrons. The number of aryl methyl sites for hydroxylation is 1. The zero-order valence-electron chi connectivity index (χ0n) is 14.1. The molecule has 0 saturated carbocycles. The molecule has 0 spiro atoms. The topological polar surface area (TPSA) is 33.1 Å². The van der Waals surface area contributed by atoms with Crippen LogP contribution >= 0.6 is 12.2 Å². The molecule has 4 nitrogen and oxygen atoms in total. The second-order valence-corrected chi connectivity index (χ2v) is 6.69. The van der Waals surface area contributed by atoms with E-state index >= 15 is 0 Å². The number of nitrogens with zero attached hydrogens (tertiary/aromatic N) is 3. The summed E-state index contributed by atoms with van der Waals surface area (Å²) >= 11 is 5.77. The Morgan fingerprint density at radius 3 is 2.76 bits per heavy atom. The SMILES string of the molecule is Cc1cccc(NC(=S)N2CCn3cccc3C2c2ccncc2)c1. The number of nitrogens with one attached hydrogen (secondary N) is 1. The first-order valence-electron chi connectivity index (χ1n) is 8.41. The molecule has 1 aliphatic rings. The molecule has 5 heteroatoms. The van der Waals surface area contributed by atoms with E-state index in [2.05, 4.69) is 69.3 Å². The largest absolute Gasteiger partial charge is 0.348 e. The van der Waals surface area contributed by atoms with E-state index in [4.69, 9.17) is 12.2 Å². The molecular formula is C20H20N4S. The lowest BCUT2D eigenvalue weighted by atomic mass is 10.0. The van der Waals surface area contributed by atoms with Gasteiger partial charge in [0, 0.05) is 43.1 Å². The van der Waals surface area contributed by atoms with Crippen molar-refractivity contribution in [3.8, 4) is 0 Å². The Balaban J connectivity index is 1.66. The fraction of sp³-hybridized carbons (Fsp3) is 0.200.